The lowest BCUT2D eigenvalue weighted by molar-refractivity contribution is -0.140. The Labute approximate surface area is 168 Å². The number of sulfonamides is 1. The van der Waals surface area contributed by atoms with Crippen LogP contribution in [0.2, 0.25) is 0 Å². The van der Waals surface area contributed by atoms with E-state index in [1.54, 1.807) is 30.3 Å². The topological polar surface area (TPSA) is 110 Å². The second kappa shape index (κ2) is 7.01. The van der Waals surface area contributed by atoms with Crippen molar-refractivity contribution in [3.63, 3.8) is 0 Å². The zero-order chi connectivity index (χ0) is 20.8. The first kappa shape index (κ1) is 19.7. The third kappa shape index (κ3) is 3.56. The van der Waals surface area contributed by atoms with Gasteiger partial charge in [-0.15, -0.1) is 11.3 Å². The molecule has 0 unspecified atom stereocenters. The highest BCUT2D eigenvalue weighted by Gasteiger charge is 2.63. The molecule has 4 rings (SSSR count). The standard InChI is InChI=1S/C18H14F2N2O5S2/c19-16(20)13-8-12(21-27-13)14-6-7-15(28-14)29(25,26)22-18(17(23)24)9-11(18)10-4-2-1-3-5-10/h1-8,11,16,22H,9H2,(H,23,24)/t11-,18+/m1/s1. The molecule has 2 atom stereocenters. The highest BCUT2D eigenvalue weighted by atomic mass is 32.2. The number of halogens is 2. The van der Waals surface area contributed by atoms with Gasteiger partial charge in [-0.1, -0.05) is 35.5 Å². The van der Waals surface area contributed by atoms with Crippen molar-refractivity contribution in [2.24, 2.45) is 0 Å². The highest BCUT2D eigenvalue weighted by Crippen LogP contribution is 2.52. The first-order valence-electron chi connectivity index (χ1n) is 8.40. The van der Waals surface area contributed by atoms with Crippen LogP contribution < -0.4 is 4.72 Å². The van der Waals surface area contributed by atoms with E-state index in [4.69, 9.17) is 0 Å². The molecule has 2 heterocycles. The Morgan fingerprint density at radius 3 is 2.62 bits per heavy atom. The molecule has 152 valence electrons. The molecule has 1 saturated carbocycles. The highest BCUT2D eigenvalue weighted by molar-refractivity contribution is 7.91. The molecule has 2 aromatic heterocycles. The number of nitrogens with zero attached hydrogens (tertiary/aromatic N) is 1. The SMILES string of the molecule is O=C(O)[C@]1(NS(=O)(=O)c2ccc(-c3cc(C(F)F)on3)s2)C[C@@H]1c1ccccc1. The predicted octanol–water partition coefficient (Wildman–Crippen LogP) is 3.63. The van der Waals surface area contributed by atoms with Crippen LogP contribution in [-0.2, 0) is 14.8 Å². The first-order chi connectivity index (χ1) is 13.7. The minimum Gasteiger partial charge on any atom is -0.480 e. The Balaban J connectivity index is 1.59. The van der Waals surface area contributed by atoms with Gasteiger partial charge in [0, 0.05) is 12.0 Å². The maximum absolute atomic E-state index is 12.8. The van der Waals surface area contributed by atoms with Crippen LogP contribution in [0.25, 0.3) is 10.6 Å². The van der Waals surface area contributed by atoms with Crippen LogP contribution in [0.3, 0.4) is 0 Å². The minimum atomic E-state index is -4.16. The summed E-state index contributed by atoms with van der Waals surface area (Å²) in [4.78, 5) is 12.2. The van der Waals surface area contributed by atoms with Crippen molar-refractivity contribution in [1.29, 1.82) is 0 Å². The van der Waals surface area contributed by atoms with Crippen molar-refractivity contribution < 1.29 is 31.6 Å². The Kier molecular flexibility index (Phi) is 4.75. The largest absolute Gasteiger partial charge is 0.480 e. The van der Waals surface area contributed by atoms with Crippen LogP contribution in [0, 0.1) is 0 Å². The number of alkyl halides is 2. The molecule has 3 aromatic rings. The maximum atomic E-state index is 12.8. The van der Waals surface area contributed by atoms with Crippen LogP contribution in [0.5, 0.6) is 0 Å². The summed E-state index contributed by atoms with van der Waals surface area (Å²) < 4.78 is 57.6. The number of hydrogen-bond acceptors (Lipinski definition) is 6. The van der Waals surface area contributed by atoms with Crippen molar-refractivity contribution in [2.45, 2.75) is 28.5 Å². The Morgan fingerprint density at radius 2 is 2.00 bits per heavy atom. The van der Waals surface area contributed by atoms with Crippen molar-refractivity contribution in [3.05, 3.63) is 59.9 Å². The molecule has 0 bridgehead atoms. The summed E-state index contributed by atoms with van der Waals surface area (Å²) in [5.74, 6) is -2.37. The van der Waals surface area contributed by atoms with Gasteiger partial charge >= 0.3 is 5.97 Å². The summed E-state index contributed by atoms with van der Waals surface area (Å²) in [6.45, 7) is 0. The molecule has 0 aliphatic heterocycles. The van der Waals surface area contributed by atoms with Gasteiger partial charge in [0.05, 0.1) is 4.88 Å². The summed E-state index contributed by atoms with van der Waals surface area (Å²) in [6.07, 6.45) is -2.70. The van der Waals surface area contributed by atoms with Crippen molar-refractivity contribution >= 4 is 27.3 Å². The average Bonchev–Trinajstić information content (AvgIpc) is 3.06. The lowest BCUT2D eigenvalue weighted by Gasteiger charge is -2.14. The van der Waals surface area contributed by atoms with Gasteiger partial charge in [-0.05, 0) is 24.1 Å². The van der Waals surface area contributed by atoms with Crippen molar-refractivity contribution in [3.8, 4) is 10.6 Å². The molecule has 1 aliphatic carbocycles. The Bertz CT molecular complexity index is 1160. The molecule has 1 aromatic carbocycles. The molecule has 1 aliphatic rings. The summed E-state index contributed by atoms with van der Waals surface area (Å²) in [6, 6.07) is 12.5. The van der Waals surface area contributed by atoms with E-state index in [-0.39, 0.29) is 16.3 Å². The van der Waals surface area contributed by atoms with E-state index in [0.29, 0.717) is 4.88 Å². The van der Waals surface area contributed by atoms with Gasteiger partial charge in [0.1, 0.15) is 15.4 Å². The molecule has 7 nitrogen and oxygen atoms in total. The lowest BCUT2D eigenvalue weighted by atomic mass is 10.1. The summed E-state index contributed by atoms with van der Waals surface area (Å²) >= 11 is 0.784. The van der Waals surface area contributed by atoms with Crippen LogP contribution in [-0.4, -0.2) is 30.2 Å². The Hall–Kier alpha value is -2.63. The average molecular weight is 440 g/mol. The van der Waals surface area contributed by atoms with Crippen molar-refractivity contribution in [2.75, 3.05) is 0 Å². The zero-order valence-corrected chi connectivity index (χ0v) is 16.2. The third-order valence-corrected chi connectivity index (χ3v) is 7.81. The molecule has 0 radical (unpaired) electrons. The van der Waals surface area contributed by atoms with E-state index >= 15 is 0 Å². The number of carbonyl (C=O) groups is 1. The van der Waals surface area contributed by atoms with Crippen LogP contribution >= 0.6 is 11.3 Å². The predicted molar refractivity (Wildman–Crippen MR) is 99.3 cm³/mol. The van der Waals surface area contributed by atoms with E-state index < -0.39 is 39.6 Å². The number of carboxylic acid groups (broad SMARTS) is 1. The van der Waals surface area contributed by atoms with Gasteiger partial charge in [0.25, 0.3) is 16.4 Å². The van der Waals surface area contributed by atoms with E-state index in [1.165, 1.54) is 12.1 Å². The molecule has 0 saturated heterocycles. The van der Waals surface area contributed by atoms with Crippen LogP contribution in [0.1, 0.15) is 30.1 Å². The minimum absolute atomic E-state index is 0.0771. The number of thiophene rings is 1. The van der Waals surface area contributed by atoms with Gasteiger partial charge in [0.15, 0.2) is 0 Å². The van der Waals surface area contributed by atoms with Gasteiger partial charge in [-0.25, -0.2) is 17.2 Å². The van der Waals surface area contributed by atoms with E-state index in [2.05, 4.69) is 14.4 Å². The first-order valence-corrected chi connectivity index (χ1v) is 10.7. The van der Waals surface area contributed by atoms with Gasteiger partial charge in [-0.2, -0.15) is 4.72 Å². The quantitative estimate of drug-likeness (QED) is 0.581. The smallest absolute Gasteiger partial charge is 0.325 e. The summed E-state index contributed by atoms with van der Waals surface area (Å²) in [5, 5.41) is 13.2. The Morgan fingerprint density at radius 1 is 1.28 bits per heavy atom. The maximum Gasteiger partial charge on any atom is 0.325 e. The molecule has 11 heteroatoms. The normalized spacial score (nSPS) is 21.4. The summed E-state index contributed by atoms with van der Waals surface area (Å²) in [5.41, 5.74) is -0.818. The fraction of sp³-hybridized carbons (Fsp3) is 0.222. The lowest BCUT2D eigenvalue weighted by Crippen LogP contribution is -2.44. The second-order valence-corrected chi connectivity index (χ2v) is 9.58. The molecule has 0 amide bonds. The van der Waals surface area contributed by atoms with E-state index in [0.717, 1.165) is 23.0 Å². The molecule has 0 spiro atoms. The second-order valence-electron chi connectivity index (χ2n) is 6.58. The monoisotopic (exact) mass is 440 g/mol. The molecule has 1 fully saturated rings. The van der Waals surface area contributed by atoms with Gasteiger partial charge in [0.2, 0.25) is 5.76 Å². The molecule has 2 N–H and O–H groups in total. The van der Waals surface area contributed by atoms with E-state index in [1.807, 2.05) is 0 Å². The number of hydrogen-bond donors (Lipinski definition) is 2. The number of carboxylic acids is 1. The number of nitrogens with one attached hydrogen (secondary N) is 1. The zero-order valence-electron chi connectivity index (χ0n) is 14.6. The molecule has 29 heavy (non-hydrogen) atoms. The number of aromatic nitrogens is 1. The number of rotatable bonds is 7. The van der Waals surface area contributed by atoms with Gasteiger partial charge in [-0.3, -0.25) is 4.79 Å². The molecular formula is C18H14F2N2O5S2. The fourth-order valence-electron chi connectivity index (χ4n) is 3.14. The number of benzene rings is 1. The molecular weight excluding hydrogens is 426 g/mol. The summed E-state index contributed by atoms with van der Waals surface area (Å²) in [7, 11) is -4.16. The van der Waals surface area contributed by atoms with Gasteiger partial charge < -0.3 is 9.63 Å². The van der Waals surface area contributed by atoms with E-state index in [9.17, 15) is 27.1 Å². The number of aliphatic carboxylic acids is 1. The third-order valence-electron chi connectivity index (χ3n) is 4.70. The van der Waals surface area contributed by atoms with Crippen LogP contribution in [0.15, 0.2) is 57.3 Å². The fourth-order valence-corrected chi connectivity index (χ4v) is 5.81. The van der Waals surface area contributed by atoms with Crippen LogP contribution in [0.4, 0.5) is 8.78 Å². The van der Waals surface area contributed by atoms with Crippen molar-refractivity contribution in [1.82, 2.24) is 9.88 Å².